The van der Waals surface area contributed by atoms with Crippen LogP contribution in [0.3, 0.4) is 0 Å². The van der Waals surface area contributed by atoms with Gasteiger partial charge in [-0.2, -0.15) is 13.2 Å². The van der Waals surface area contributed by atoms with Gasteiger partial charge in [-0.15, -0.1) is 0 Å². The Morgan fingerprint density at radius 1 is 1.06 bits per heavy atom. The summed E-state index contributed by atoms with van der Waals surface area (Å²) in [5, 5.41) is 3.60. The summed E-state index contributed by atoms with van der Waals surface area (Å²) in [5.41, 5.74) is 0.750. The topological polar surface area (TPSA) is 55.4 Å². The van der Waals surface area contributed by atoms with Crippen LogP contribution in [-0.4, -0.2) is 30.7 Å². The van der Waals surface area contributed by atoms with Crippen LogP contribution in [0.2, 0.25) is 10.0 Å². The number of alkyl halides is 3. The number of halogens is 5. The van der Waals surface area contributed by atoms with Crippen LogP contribution in [0.5, 0.6) is 0 Å². The highest BCUT2D eigenvalue weighted by atomic mass is 35.5. The average molecular weight is 488 g/mol. The molecule has 1 amide bonds. The molecule has 0 aromatic heterocycles. The van der Waals surface area contributed by atoms with Gasteiger partial charge in [0.05, 0.1) is 19.4 Å². The minimum atomic E-state index is -4.33. The van der Waals surface area contributed by atoms with Crippen LogP contribution in [-0.2, 0) is 20.7 Å². The molecule has 3 rings (SSSR count). The minimum absolute atomic E-state index is 0.137. The zero-order valence-electron chi connectivity index (χ0n) is 17.3. The monoisotopic (exact) mass is 487 g/mol. The molecule has 2 aromatic carbocycles. The van der Waals surface area contributed by atoms with Crippen LogP contribution in [0.1, 0.15) is 31.2 Å². The number of carbonyl (C=O) groups excluding carboxylic acids is 2. The van der Waals surface area contributed by atoms with Crippen LogP contribution in [0.4, 0.5) is 13.2 Å². The minimum Gasteiger partial charge on any atom is -0.467 e. The van der Waals surface area contributed by atoms with E-state index in [2.05, 4.69) is 5.32 Å². The molecule has 2 aromatic rings. The number of carbonyl (C=O) groups is 2. The Kier molecular flexibility index (Phi) is 7.40. The van der Waals surface area contributed by atoms with E-state index in [0.717, 1.165) is 18.2 Å². The third-order valence-corrected chi connectivity index (χ3v) is 6.45. The summed E-state index contributed by atoms with van der Waals surface area (Å²) in [4.78, 5) is 25.2. The highest BCUT2D eigenvalue weighted by molar-refractivity contribution is 6.31. The third-order valence-electron chi connectivity index (χ3n) is 5.83. The smallest absolute Gasteiger partial charge is 0.391 e. The van der Waals surface area contributed by atoms with Crippen molar-refractivity contribution < 1.29 is 27.5 Å². The van der Waals surface area contributed by atoms with Crippen molar-refractivity contribution in [1.82, 2.24) is 5.32 Å². The van der Waals surface area contributed by atoms with Gasteiger partial charge in [-0.25, -0.2) is 4.79 Å². The van der Waals surface area contributed by atoms with Gasteiger partial charge in [-0.05, 0) is 66.6 Å². The van der Waals surface area contributed by atoms with Gasteiger partial charge in [-0.1, -0.05) is 41.4 Å². The van der Waals surface area contributed by atoms with Crippen molar-refractivity contribution in [3.8, 4) is 11.1 Å². The lowest BCUT2D eigenvalue weighted by Gasteiger charge is -2.38. The van der Waals surface area contributed by atoms with E-state index in [0.29, 0.717) is 15.6 Å². The number of hydrogen-bond acceptors (Lipinski definition) is 3. The van der Waals surface area contributed by atoms with Gasteiger partial charge in [-0.3, -0.25) is 4.79 Å². The lowest BCUT2D eigenvalue weighted by molar-refractivity contribution is -0.188. The van der Waals surface area contributed by atoms with E-state index in [1.54, 1.807) is 30.3 Å². The Hall–Kier alpha value is -2.25. The fourth-order valence-electron chi connectivity index (χ4n) is 4.03. The molecule has 0 bridgehead atoms. The maximum atomic E-state index is 13.0. The number of rotatable bonds is 5. The predicted molar refractivity (Wildman–Crippen MR) is 117 cm³/mol. The average Bonchev–Trinajstić information content (AvgIpc) is 2.75. The van der Waals surface area contributed by atoms with Crippen molar-refractivity contribution in [2.24, 2.45) is 5.92 Å². The fraction of sp³-hybridized carbons (Fsp3) is 0.391. The molecule has 1 aliphatic carbocycles. The van der Waals surface area contributed by atoms with Crippen LogP contribution < -0.4 is 5.32 Å². The molecule has 0 heterocycles. The molecule has 1 aliphatic rings. The lowest BCUT2D eigenvalue weighted by Crippen LogP contribution is -2.58. The predicted octanol–water partition coefficient (Wildman–Crippen LogP) is 5.98. The molecule has 172 valence electrons. The Morgan fingerprint density at radius 3 is 2.22 bits per heavy atom. The van der Waals surface area contributed by atoms with Gasteiger partial charge in [0.2, 0.25) is 5.91 Å². The number of hydrogen-bond donors (Lipinski definition) is 1. The van der Waals surface area contributed by atoms with Crippen molar-refractivity contribution >= 4 is 35.1 Å². The first-order chi connectivity index (χ1) is 15.0. The summed E-state index contributed by atoms with van der Waals surface area (Å²) in [6, 6.07) is 12.4. The number of benzene rings is 2. The molecule has 1 saturated carbocycles. The zero-order chi connectivity index (χ0) is 23.5. The summed E-state index contributed by atoms with van der Waals surface area (Å²) in [5.74, 6) is -2.76. The van der Waals surface area contributed by atoms with Crippen molar-refractivity contribution in [3.63, 3.8) is 0 Å². The molecule has 0 saturated heterocycles. The van der Waals surface area contributed by atoms with Crippen molar-refractivity contribution in [2.45, 2.75) is 43.8 Å². The normalized spacial score (nSPS) is 21.1. The highest BCUT2D eigenvalue weighted by Crippen LogP contribution is 2.41. The van der Waals surface area contributed by atoms with Crippen LogP contribution in [0.25, 0.3) is 11.1 Å². The van der Waals surface area contributed by atoms with Crippen LogP contribution >= 0.6 is 23.2 Å². The van der Waals surface area contributed by atoms with Gasteiger partial charge in [0.15, 0.2) is 0 Å². The first-order valence-electron chi connectivity index (χ1n) is 10.0. The van der Waals surface area contributed by atoms with Crippen molar-refractivity contribution in [3.05, 3.63) is 58.1 Å². The van der Waals surface area contributed by atoms with E-state index in [4.69, 9.17) is 27.9 Å². The first kappa shape index (κ1) is 24.4. The molecule has 1 fully saturated rings. The Balaban J connectivity index is 1.76. The Morgan fingerprint density at radius 2 is 1.66 bits per heavy atom. The van der Waals surface area contributed by atoms with Crippen LogP contribution in [0.15, 0.2) is 42.5 Å². The SMILES string of the molecule is COC(=O)[C@]1(NC(=O)Cc2cc(-c3ccc(Cl)cc3)ccc2Cl)CC[C@H](C(F)(F)F)CC1. The molecule has 0 unspecified atom stereocenters. The van der Waals surface area contributed by atoms with Gasteiger partial charge in [0, 0.05) is 10.0 Å². The molecule has 32 heavy (non-hydrogen) atoms. The van der Waals surface area contributed by atoms with Gasteiger partial charge >= 0.3 is 12.1 Å². The largest absolute Gasteiger partial charge is 0.467 e. The van der Waals surface area contributed by atoms with E-state index in [1.807, 2.05) is 12.1 Å². The quantitative estimate of drug-likeness (QED) is 0.527. The molecule has 0 atom stereocenters. The number of nitrogens with one attached hydrogen (secondary N) is 1. The van der Waals surface area contributed by atoms with Gasteiger partial charge in [0.25, 0.3) is 0 Å². The second-order valence-electron chi connectivity index (χ2n) is 7.93. The number of ether oxygens (including phenoxy) is 1. The van der Waals surface area contributed by atoms with Gasteiger partial charge in [0.1, 0.15) is 5.54 Å². The molecule has 0 spiro atoms. The van der Waals surface area contributed by atoms with Crippen LogP contribution in [0, 0.1) is 5.92 Å². The summed E-state index contributed by atoms with van der Waals surface area (Å²) in [7, 11) is 1.15. The zero-order valence-corrected chi connectivity index (χ0v) is 18.8. The van der Waals surface area contributed by atoms with Gasteiger partial charge < -0.3 is 10.1 Å². The maximum absolute atomic E-state index is 13.0. The molecular weight excluding hydrogens is 466 g/mol. The fourth-order valence-corrected chi connectivity index (χ4v) is 4.34. The summed E-state index contributed by atoms with van der Waals surface area (Å²) < 4.78 is 43.9. The summed E-state index contributed by atoms with van der Waals surface area (Å²) in [6.45, 7) is 0. The van der Waals surface area contributed by atoms with E-state index in [-0.39, 0.29) is 32.1 Å². The van der Waals surface area contributed by atoms with Crippen molar-refractivity contribution in [2.75, 3.05) is 7.11 Å². The molecule has 1 N–H and O–H groups in total. The molecule has 9 heteroatoms. The number of esters is 1. The van der Waals surface area contributed by atoms with E-state index in [9.17, 15) is 22.8 Å². The van der Waals surface area contributed by atoms with Crippen molar-refractivity contribution in [1.29, 1.82) is 0 Å². The molecular formula is C23H22Cl2F3NO3. The maximum Gasteiger partial charge on any atom is 0.391 e. The third kappa shape index (κ3) is 5.56. The number of methoxy groups -OCH3 is 1. The second kappa shape index (κ2) is 9.71. The lowest BCUT2D eigenvalue weighted by atomic mass is 9.76. The summed E-state index contributed by atoms with van der Waals surface area (Å²) in [6.07, 6.45) is -5.27. The standard InChI is InChI=1S/C23H22Cl2F3NO3/c1-32-21(31)22(10-8-17(9-11-22)23(26,27)28)29-20(30)13-16-12-15(4-7-19(16)25)14-2-5-18(24)6-3-14/h2-7,12,17H,8-11,13H2,1H3,(H,29,30)/t17-,22-. The number of amides is 1. The first-order valence-corrected chi connectivity index (χ1v) is 10.8. The van der Waals surface area contributed by atoms with E-state index in [1.165, 1.54) is 0 Å². The Bertz CT molecular complexity index is 985. The van der Waals surface area contributed by atoms with E-state index < -0.39 is 29.5 Å². The molecule has 4 nitrogen and oxygen atoms in total. The highest BCUT2D eigenvalue weighted by Gasteiger charge is 2.50. The molecule has 0 radical (unpaired) electrons. The Labute approximate surface area is 194 Å². The van der Waals surface area contributed by atoms with E-state index >= 15 is 0 Å². The second-order valence-corrected chi connectivity index (χ2v) is 8.77. The molecule has 0 aliphatic heterocycles. The summed E-state index contributed by atoms with van der Waals surface area (Å²) >= 11 is 12.2.